The van der Waals surface area contributed by atoms with Crippen LogP contribution in [0.25, 0.3) is 11.2 Å². The number of halogens is 1. The number of hydrogen-bond donors (Lipinski definition) is 4. The second-order valence-electron chi connectivity index (χ2n) is 8.36. The molecule has 0 amide bonds. The summed E-state index contributed by atoms with van der Waals surface area (Å²) in [5.74, 6) is 1.67. The van der Waals surface area contributed by atoms with Gasteiger partial charge in [0.05, 0.1) is 25.1 Å². The molecular weight excluding hydrogens is 466 g/mol. The van der Waals surface area contributed by atoms with E-state index in [2.05, 4.69) is 20.3 Å². The summed E-state index contributed by atoms with van der Waals surface area (Å²) in [6.45, 7) is 5.68. The quantitative estimate of drug-likeness (QED) is 0.325. The van der Waals surface area contributed by atoms with E-state index in [1.807, 2.05) is 45.0 Å². The van der Waals surface area contributed by atoms with E-state index in [0.717, 1.165) is 0 Å². The first-order valence-electron chi connectivity index (χ1n) is 11.0. The summed E-state index contributed by atoms with van der Waals surface area (Å²) >= 11 is 6.16. The van der Waals surface area contributed by atoms with Crippen LogP contribution in [0.2, 0.25) is 5.28 Å². The zero-order chi connectivity index (χ0) is 24.4. The zero-order valence-corrected chi connectivity index (χ0v) is 19.8. The molecule has 2 aromatic heterocycles. The average Bonchev–Trinajstić information content (AvgIpc) is 3.33. The average molecular weight is 494 g/mol. The Morgan fingerprint density at radius 2 is 1.88 bits per heavy atom. The van der Waals surface area contributed by atoms with Gasteiger partial charge in [0.2, 0.25) is 5.28 Å². The van der Waals surface area contributed by atoms with Crippen molar-refractivity contribution in [3.8, 4) is 11.5 Å². The fraction of sp³-hybridized carbons (Fsp3) is 0.500. The molecule has 1 saturated heterocycles. The first-order chi connectivity index (χ1) is 16.3. The van der Waals surface area contributed by atoms with Gasteiger partial charge >= 0.3 is 0 Å². The van der Waals surface area contributed by atoms with Crippen LogP contribution in [0, 0.1) is 0 Å². The number of benzene rings is 1. The van der Waals surface area contributed by atoms with Crippen LogP contribution in [0.1, 0.15) is 27.0 Å². The molecule has 4 N–H and O–H groups in total. The SMILES string of the molecule is CC(C)Oc1ccccc1OC[C@@H](C)Nc1nc(Cl)nc2c1ncn2[C@@H]1O[C@H](CO)C(O)C1O. The number of nitrogens with one attached hydrogen (secondary N) is 1. The van der Waals surface area contributed by atoms with E-state index in [1.165, 1.54) is 10.9 Å². The van der Waals surface area contributed by atoms with Gasteiger partial charge in [-0.15, -0.1) is 0 Å². The van der Waals surface area contributed by atoms with Crippen molar-refractivity contribution in [2.24, 2.45) is 0 Å². The van der Waals surface area contributed by atoms with E-state index in [-0.39, 0.29) is 17.4 Å². The van der Waals surface area contributed by atoms with Gasteiger partial charge in [-0.05, 0) is 44.5 Å². The van der Waals surface area contributed by atoms with Crippen LogP contribution in [-0.4, -0.2) is 78.5 Å². The lowest BCUT2D eigenvalue weighted by atomic mass is 10.1. The molecule has 1 fully saturated rings. The summed E-state index contributed by atoms with van der Waals surface area (Å²) in [6.07, 6.45) is -3.01. The standard InChI is InChI=1S/C22H28ClN5O6/c1-11(2)33-14-7-5-4-6-13(14)32-9-12(3)25-19-16-20(27-22(23)26-19)28(10-24-16)21-18(31)17(30)15(8-29)34-21/h4-7,10-12,15,17-18,21,29-31H,8-9H2,1-3H3,(H,25,26,27)/t12-,15-,17?,18?,21-/m1/s1. The van der Waals surface area contributed by atoms with Crippen molar-refractivity contribution in [2.45, 2.75) is 57.5 Å². The third-order valence-corrected chi connectivity index (χ3v) is 5.44. The van der Waals surface area contributed by atoms with Crippen LogP contribution in [0.4, 0.5) is 5.82 Å². The minimum Gasteiger partial charge on any atom is -0.488 e. The van der Waals surface area contributed by atoms with Gasteiger partial charge in [-0.1, -0.05) is 12.1 Å². The Morgan fingerprint density at radius 3 is 2.56 bits per heavy atom. The van der Waals surface area contributed by atoms with Gasteiger partial charge in [-0.25, -0.2) is 4.98 Å². The van der Waals surface area contributed by atoms with E-state index in [9.17, 15) is 15.3 Å². The number of hydrogen-bond acceptors (Lipinski definition) is 10. The Hall–Kier alpha value is -2.70. The van der Waals surface area contributed by atoms with E-state index >= 15 is 0 Å². The monoisotopic (exact) mass is 493 g/mol. The Balaban J connectivity index is 1.51. The number of rotatable bonds is 9. The molecule has 12 heteroatoms. The maximum absolute atomic E-state index is 10.4. The lowest BCUT2D eigenvalue weighted by molar-refractivity contribution is -0.0511. The van der Waals surface area contributed by atoms with Crippen LogP contribution < -0.4 is 14.8 Å². The first-order valence-corrected chi connectivity index (χ1v) is 11.3. The maximum Gasteiger partial charge on any atom is 0.226 e. The maximum atomic E-state index is 10.4. The van der Waals surface area contributed by atoms with E-state index in [1.54, 1.807) is 0 Å². The predicted molar refractivity (Wildman–Crippen MR) is 124 cm³/mol. The van der Waals surface area contributed by atoms with Crippen LogP contribution in [0.15, 0.2) is 30.6 Å². The molecule has 0 radical (unpaired) electrons. The molecule has 1 aromatic carbocycles. The summed E-state index contributed by atoms with van der Waals surface area (Å²) in [7, 11) is 0. The number of nitrogens with zero attached hydrogens (tertiary/aromatic N) is 4. The molecule has 1 aliphatic heterocycles. The fourth-order valence-electron chi connectivity index (χ4n) is 3.70. The number of aliphatic hydroxyl groups excluding tert-OH is 3. The van der Waals surface area contributed by atoms with Gasteiger partial charge in [0.1, 0.15) is 24.9 Å². The van der Waals surface area contributed by atoms with Gasteiger partial charge < -0.3 is 34.8 Å². The highest BCUT2D eigenvalue weighted by molar-refractivity contribution is 6.28. The Kier molecular flexibility index (Phi) is 7.39. The highest BCUT2D eigenvalue weighted by Crippen LogP contribution is 2.33. The summed E-state index contributed by atoms with van der Waals surface area (Å²) in [5, 5.41) is 33.0. The number of aromatic nitrogens is 4. The fourth-order valence-corrected chi connectivity index (χ4v) is 3.86. The molecule has 4 rings (SSSR count). The summed E-state index contributed by atoms with van der Waals surface area (Å²) in [4.78, 5) is 12.8. The van der Waals surface area contributed by atoms with Crippen molar-refractivity contribution in [2.75, 3.05) is 18.5 Å². The van der Waals surface area contributed by atoms with Crippen molar-refractivity contribution in [1.82, 2.24) is 19.5 Å². The second-order valence-corrected chi connectivity index (χ2v) is 8.70. The normalized spacial score (nSPS) is 23.4. The number of aliphatic hydroxyl groups is 3. The molecule has 184 valence electrons. The van der Waals surface area contributed by atoms with Gasteiger partial charge in [-0.2, -0.15) is 9.97 Å². The smallest absolute Gasteiger partial charge is 0.226 e. The van der Waals surface area contributed by atoms with Crippen LogP contribution in [0.3, 0.4) is 0 Å². The molecule has 1 aliphatic rings. The first kappa shape index (κ1) is 24.4. The Bertz CT molecular complexity index is 1130. The molecular formula is C22H28ClN5O6. The Labute approximate surface area is 201 Å². The van der Waals surface area contributed by atoms with Gasteiger partial charge in [0.15, 0.2) is 34.7 Å². The molecule has 5 atom stereocenters. The molecule has 0 spiro atoms. The largest absolute Gasteiger partial charge is 0.488 e. The molecule has 0 saturated carbocycles. The predicted octanol–water partition coefficient (Wildman–Crippen LogP) is 1.76. The molecule has 0 bridgehead atoms. The zero-order valence-electron chi connectivity index (χ0n) is 19.0. The van der Waals surface area contributed by atoms with Crippen molar-refractivity contribution < 1.29 is 29.5 Å². The van der Waals surface area contributed by atoms with E-state index in [4.69, 9.17) is 25.8 Å². The van der Waals surface area contributed by atoms with E-state index in [0.29, 0.717) is 35.1 Å². The molecule has 34 heavy (non-hydrogen) atoms. The molecule has 0 aliphatic carbocycles. The second kappa shape index (κ2) is 10.3. The number of fused-ring (bicyclic) bond motifs is 1. The van der Waals surface area contributed by atoms with Crippen molar-refractivity contribution in [1.29, 1.82) is 0 Å². The number of ether oxygens (including phenoxy) is 3. The summed E-state index contributed by atoms with van der Waals surface area (Å²) in [5.41, 5.74) is 0.707. The van der Waals surface area contributed by atoms with Crippen LogP contribution >= 0.6 is 11.6 Å². The van der Waals surface area contributed by atoms with Gasteiger partial charge in [0, 0.05) is 0 Å². The minimum absolute atomic E-state index is 0.0167. The number of para-hydroxylation sites is 2. The lowest BCUT2D eigenvalue weighted by Gasteiger charge is -2.19. The summed E-state index contributed by atoms with van der Waals surface area (Å²) < 4.78 is 18.8. The van der Waals surface area contributed by atoms with Crippen molar-refractivity contribution >= 4 is 28.6 Å². The molecule has 3 aromatic rings. The third kappa shape index (κ3) is 5.03. The number of anilines is 1. The number of imidazole rings is 1. The van der Waals surface area contributed by atoms with Crippen molar-refractivity contribution in [3.05, 3.63) is 35.9 Å². The van der Waals surface area contributed by atoms with Crippen LogP contribution in [-0.2, 0) is 4.74 Å². The van der Waals surface area contributed by atoms with E-state index < -0.39 is 31.1 Å². The highest BCUT2D eigenvalue weighted by atomic mass is 35.5. The third-order valence-electron chi connectivity index (χ3n) is 5.27. The van der Waals surface area contributed by atoms with Crippen LogP contribution in [0.5, 0.6) is 11.5 Å². The van der Waals surface area contributed by atoms with Gasteiger partial charge in [-0.3, -0.25) is 4.57 Å². The van der Waals surface area contributed by atoms with Crippen molar-refractivity contribution in [3.63, 3.8) is 0 Å². The summed E-state index contributed by atoms with van der Waals surface area (Å²) in [6, 6.07) is 7.26. The topological polar surface area (TPSA) is 144 Å². The molecule has 11 nitrogen and oxygen atoms in total. The highest BCUT2D eigenvalue weighted by Gasteiger charge is 2.44. The minimum atomic E-state index is -1.28. The molecule has 2 unspecified atom stereocenters. The lowest BCUT2D eigenvalue weighted by Crippen LogP contribution is -2.33. The van der Waals surface area contributed by atoms with Gasteiger partial charge in [0.25, 0.3) is 0 Å². The molecule has 3 heterocycles. The Morgan fingerprint density at radius 1 is 1.15 bits per heavy atom.